The van der Waals surface area contributed by atoms with E-state index in [-0.39, 0.29) is 75.6 Å². The molecule has 0 spiro atoms. The van der Waals surface area contributed by atoms with E-state index >= 15 is 0 Å². The Morgan fingerprint density at radius 1 is 0.667 bits per heavy atom. The number of hydrogen-bond donors (Lipinski definition) is 5. The zero-order chi connectivity index (χ0) is 82.3. The maximum absolute atomic E-state index is 12.8. The summed E-state index contributed by atoms with van der Waals surface area (Å²) in [6.45, 7) is 34.1. The van der Waals surface area contributed by atoms with Crippen LogP contribution in [0.15, 0.2) is 135 Å². The third-order valence-corrected chi connectivity index (χ3v) is 25.5. The molecular formula is C79H99ClN16O14S2Si2. The zero-order valence-corrected chi connectivity index (χ0v) is 70.5. The van der Waals surface area contributed by atoms with Gasteiger partial charge in [-0.3, -0.25) is 14.4 Å². The number of benzene rings is 2. The van der Waals surface area contributed by atoms with Gasteiger partial charge in [-0.05, 0) is 158 Å². The first-order valence-corrected chi connectivity index (χ1v) is 49.0. The summed E-state index contributed by atoms with van der Waals surface area (Å²) < 4.78 is 84.6. The summed E-state index contributed by atoms with van der Waals surface area (Å²) in [5, 5.41) is 40.7. The van der Waals surface area contributed by atoms with Gasteiger partial charge in [0.1, 0.15) is 47.9 Å². The van der Waals surface area contributed by atoms with Crippen LogP contribution in [0.2, 0.25) is 51.4 Å². The number of ether oxygens (including phenoxy) is 4. The van der Waals surface area contributed by atoms with Crippen LogP contribution in [-0.4, -0.2) is 161 Å². The van der Waals surface area contributed by atoms with Crippen molar-refractivity contribution in [1.82, 2.24) is 54.8 Å². The van der Waals surface area contributed by atoms with Gasteiger partial charge in [-0.1, -0.05) is 57.5 Å². The highest BCUT2D eigenvalue weighted by atomic mass is 35.7. The number of carbonyl (C=O) groups excluding carboxylic acids is 4. The first-order chi connectivity index (χ1) is 53.9. The van der Waals surface area contributed by atoms with Crippen LogP contribution in [0.25, 0.3) is 60.9 Å². The average molecular weight is 1650 g/mol. The van der Waals surface area contributed by atoms with Crippen molar-refractivity contribution >= 4 is 126 Å². The molecule has 114 heavy (non-hydrogen) atoms. The number of aromatic nitrogens is 10. The molecule has 35 heteroatoms. The molecule has 3 aliphatic rings. The standard InChI is InChI=1S/C26H40N4O5Si.C25H37N5O4Si.C21H18N6O3S.C7H4ClNO2S/c1-26(2,3)35-22(32)15-18-13-19(14-18)29-23-20-7-9-30(17-34-11-12-36(4,5)6)24(20)28-16-21(23)25(33)27-8-10-31;1-25(2,3)34-21(31)13-17-11-18(12-17)28-22-19-7-8-30(16-32-9-10-35(4,5)6)23(19)26-14-20(22)24-29-27-15-33-24;22-9-13-2-1-3-16(8-13)31(28,29)11-14-6-15(7-14)26-19-17-4-5-23-20(17)24-10-18(19)21-27-25-12-30-21;1-9-6-3-2-4-7(5-6)12(8,10)11/h7,9-10,16,18-19H,8,11-15,17H2,1-6H3,(H,27,33)(H,28,29);7-8,14-15,17-18H,9-13,16H2,1-6H3,(H,26,28);1-5,8,10,12,14-15H,6-7,11H2,(H2,23,24,26);2-5H. The van der Waals surface area contributed by atoms with Gasteiger partial charge < -0.3 is 68.0 Å². The molecule has 3 fully saturated rings. The van der Waals surface area contributed by atoms with E-state index in [4.69, 9.17) is 50.3 Å². The largest absolute Gasteiger partial charge is 0.460 e. The number of sulfone groups is 1. The molecule has 1 amide bonds. The lowest BCUT2D eigenvalue weighted by molar-refractivity contribution is -0.157. The number of anilines is 3. The minimum Gasteiger partial charge on any atom is -0.460 e. The second-order valence-electron chi connectivity index (χ2n) is 33.1. The van der Waals surface area contributed by atoms with E-state index in [2.05, 4.69) is 106 Å². The predicted molar refractivity (Wildman–Crippen MR) is 439 cm³/mol. The maximum atomic E-state index is 12.8. The fraction of sp³-hybridized carbons (Fsp3) is 0.456. The molecule has 5 N–H and O–H groups in total. The fourth-order valence-corrected chi connectivity index (χ4v) is 17.1. The van der Waals surface area contributed by atoms with Gasteiger partial charge in [0, 0.05) is 124 Å². The van der Waals surface area contributed by atoms with E-state index in [0.717, 1.165) is 94.4 Å². The number of aromatic amines is 1. The third kappa shape index (κ3) is 24.4. The van der Waals surface area contributed by atoms with E-state index in [0.29, 0.717) is 92.1 Å². The van der Waals surface area contributed by atoms with Crippen molar-refractivity contribution < 1.29 is 63.8 Å². The topological polar surface area (TPSA) is 392 Å². The molecule has 3 aliphatic carbocycles. The number of amides is 1. The fourth-order valence-electron chi connectivity index (χ4n) is 13.1. The first kappa shape index (κ1) is 86.2. The monoisotopic (exact) mass is 1650 g/mol. The number of H-pyrrole nitrogens is 1. The van der Waals surface area contributed by atoms with Crippen LogP contribution in [0.3, 0.4) is 0 Å². The summed E-state index contributed by atoms with van der Waals surface area (Å²) in [6.07, 6.45) is 19.6. The van der Waals surface area contributed by atoms with Gasteiger partial charge >= 0.3 is 11.9 Å². The summed E-state index contributed by atoms with van der Waals surface area (Å²) in [5.74, 6) is 0.780. The van der Waals surface area contributed by atoms with Gasteiger partial charge in [0.15, 0.2) is 15.5 Å². The molecule has 0 bridgehead atoms. The second kappa shape index (κ2) is 37.4. The molecule has 3 saturated carbocycles. The van der Waals surface area contributed by atoms with Crippen LogP contribution in [0, 0.1) is 35.7 Å². The van der Waals surface area contributed by atoms with Gasteiger partial charge in [-0.2, -0.15) is 5.26 Å². The summed E-state index contributed by atoms with van der Waals surface area (Å²) in [5.41, 5.74) is 6.26. The summed E-state index contributed by atoms with van der Waals surface area (Å²) in [6, 6.07) is 22.3. The SMILES string of the molecule is CC(C)(C)OC(=O)CC1CC(Nc2c(-c3nnco3)cnc3c2ccn3COCC[Si](C)(C)C)C1.CC(C)(C)OC(=O)CC1CC(Nc2c(C(=O)NCC=O)cnc3c2ccn3COCC[Si](C)(C)C)C1.N#Cc1cccc(S(=O)(=O)CC2CC(Nc3c(-c4nnco4)cnc4[nH]ccc34)C2)c1.[C-]#[N+]c1cccc(S(=O)(=O)Cl)c1. The van der Waals surface area contributed by atoms with Crippen molar-refractivity contribution in [1.29, 1.82) is 5.26 Å². The average Bonchev–Trinajstić information content (AvgIpc) is 1.56. The van der Waals surface area contributed by atoms with E-state index < -0.39 is 46.2 Å². The number of fused-ring (bicyclic) bond motifs is 3. The van der Waals surface area contributed by atoms with E-state index in [9.17, 15) is 36.0 Å². The Bertz CT molecular complexity index is 5310. The summed E-state index contributed by atoms with van der Waals surface area (Å²) in [4.78, 5) is 67.8. The molecule has 0 saturated heterocycles. The lowest BCUT2D eigenvalue weighted by Gasteiger charge is -2.37. The molecule has 10 aromatic rings. The van der Waals surface area contributed by atoms with Gasteiger partial charge in [-0.25, -0.2) is 36.6 Å². The number of carbonyl (C=O) groups is 4. The van der Waals surface area contributed by atoms with E-state index in [1.807, 2.05) is 93.5 Å². The van der Waals surface area contributed by atoms with Crippen molar-refractivity contribution in [3.8, 4) is 29.0 Å². The minimum atomic E-state index is -3.71. The number of nitrogens with zero attached hydrogens (tertiary/aromatic N) is 11. The van der Waals surface area contributed by atoms with Crippen LogP contribution >= 0.6 is 10.7 Å². The Labute approximate surface area is 669 Å². The highest BCUT2D eigenvalue weighted by molar-refractivity contribution is 8.13. The van der Waals surface area contributed by atoms with Crippen molar-refractivity contribution in [3.05, 3.63) is 139 Å². The number of halogens is 1. The molecule has 0 atom stereocenters. The molecule has 13 rings (SSSR count). The van der Waals surface area contributed by atoms with Crippen molar-refractivity contribution in [2.24, 2.45) is 17.8 Å². The molecule has 30 nitrogen and oxygen atoms in total. The number of hydrogen-bond acceptors (Lipinski definition) is 25. The van der Waals surface area contributed by atoms with E-state index in [1.54, 1.807) is 36.8 Å². The van der Waals surface area contributed by atoms with Crippen LogP contribution in [0.4, 0.5) is 22.7 Å². The molecule has 8 aromatic heterocycles. The van der Waals surface area contributed by atoms with Gasteiger partial charge in [0.2, 0.25) is 12.8 Å². The van der Waals surface area contributed by atoms with Crippen LogP contribution < -0.4 is 21.3 Å². The van der Waals surface area contributed by atoms with Gasteiger partial charge in [0.25, 0.3) is 26.7 Å². The molecule has 0 radical (unpaired) electrons. The highest BCUT2D eigenvalue weighted by Gasteiger charge is 2.38. The lowest BCUT2D eigenvalue weighted by atomic mass is 9.78. The Morgan fingerprint density at radius 2 is 1.16 bits per heavy atom. The zero-order valence-electron chi connectivity index (χ0n) is 66.2. The number of nitrogens with one attached hydrogen (secondary N) is 5. The van der Waals surface area contributed by atoms with Crippen LogP contribution in [0.5, 0.6) is 0 Å². The lowest BCUT2D eigenvalue weighted by Crippen LogP contribution is -2.39. The minimum absolute atomic E-state index is 0.0438. The second-order valence-corrected chi connectivity index (χ2v) is 48.9. The first-order valence-electron chi connectivity index (χ1n) is 37.6. The molecule has 0 unspecified atom stereocenters. The Morgan fingerprint density at radius 3 is 1.65 bits per heavy atom. The van der Waals surface area contributed by atoms with Crippen LogP contribution in [-0.2, 0) is 65.7 Å². The van der Waals surface area contributed by atoms with Crippen LogP contribution in [0.1, 0.15) is 109 Å². The third-order valence-electron chi connectivity index (χ3n) is 18.9. The number of pyridine rings is 3. The summed E-state index contributed by atoms with van der Waals surface area (Å²) >= 11 is 0. The molecule has 606 valence electrons. The van der Waals surface area contributed by atoms with Crippen molar-refractivity contribution in [2.75, 3.05) is 41.5 Å². The molecule has 2 aromatic carbocycles. The smallest absolute Gasteiger partial charge is 0.306 e. The maximum Gasteiger partial charge on any atom is 0.306 e. The molecule has 0 aliphatic heterocycles. The Hall–Kier alpha value is -10.2. The quantitative estimate of drug-likeness (QED) is 0.00726. The highest BCUT2D eigenvalue weighted by Crippen LogP contribution is 2.42. The van der Waals surface area contributed by atoms with Crippen molar-refractivity contribution in [3.63, 3.8) is 0 Å². The van der Waals surface area contributed by atoms with Crippen molar-refractivity contribution in [2.45, 2.75) is 197 Å². The normalized spacial score (nSPS) is 17.5. The number of aldehydes is 1. The van der Waals surface area contributed by atoms with Gasteiger partial charge in [-0.15, -0.1) is 20.4 Å². The van der Waals surface area contributed by atoms with Gasteiger partial charge in [0.05, 0.1) is 74.0 Å². The Balaban J connectivity index is 0.000000169. The Kier molecular flexibility index (Phi) is 28.3. The molecule has 8 heterocycles. The number of rotatable bonds is 29. The number of nitriles is 1. The summed E-state index contributed by atoms with van der Waals surface area (Å²) in [7, 11) is -4.41. The number of esters is 2. The predicted octanol–water partition coefficient (Wildman–Crippen LogP) is 14.8. The van der Waals surface area contributed by atoms with E-state index in [1.165, 1.54) is 43.1 Å². The molecular weight excluding hydrogens is 1550 g/mol.